The van der Waals surface area contributed by atoms with E-state index in [4.69, 9.17) is 9.47 Å². The van der Waals surface area contributed by atoms with Crippen LogP contribution < -0.4 is 10.1 Å². The number of aryl methyl sites for hydroxylation is 2. The van der Waals surface area contributed by atoms with Crippen LogP contribution in [-0.4, -0.2) is 34.9 Å². The molecule has 2 aromatic rings. The van der Waals surface area contributed by atoms with Gasteiger partial charge >= 0.3 is 5.97 Å². The van der Waals surface area contributed by atoms with Crippen LogP contribution in [0.1, 0.15) is 36.2 Å². The summed E-state index contributed by atoms with van der Waals surface area (Å²) in [6, 6.07) is 4.98. The van der Waals surface area contributed by atoms with Crippen molar-refractivity contribution in [3.8, 4) is 5.75 Å². The maximum Gasteiger partial charge on any atom is 0.341 e. The third kappa shape index (κ3) is 5.07. The van der Waals surface area contributed by atoms with E-state index in [1.807, 2.05) is 27.1 Å². The number of methoxy groups -OCH3 is 1. The highest BCUT2D eigenvalue weighted by Gasteiger charge is 2.19. The van der Waals surface area contributed by atoms with Gasteiger partial charge in [-0.2, -0.15) is 5.10 Å². The quantitative estimate of drug-likeness (QED) is 0.780. The summed E-state index contributed by atoms with van der Waals surface area (Å²) in [5.74, 6) is -0.360. The standard InChI is InChI=1S/C18H23N3O4/c1-12(2)25-17-14(18(23)24-4)6-5-7-15(17)20-16(22)9-8-13-10-19-21(3)11-13/h5-7,10-12H,8-9H2,1-4H3,(H,20,22). The first-order valence-electron chi connectivity index (χ1n) is 8.06. The monoisotopic (exact) mass is 345 g/mol. The van der Waals surface area contributed by atoms with Crippen LogP contribution in [0.3, 0.4) is 0 Å². The number of nitrogens with zero attached hydrogens (tertiary/aromatic N) is 2. The summed E-state index contributed by atoms with van der Waals surface area (Å²) in [4.78, 5) is 24.2. The average molecular weight is 345 g/mol. The summed E-state index contributed by atoms with van der Waals surface area (Å²) in [5.41, 5.74) is 1.72. The van der Waals surface area contributed by atoms with Crippen molar-refractivity contribution in [1.82, 2.24) is 9.78 Å². The van der Waals surface area contributed by atoms with E-state index in [0.29, 0.717) is 24.3 Å². The normalized spacial score (nSPS) is 10.6. The number of hydrogen-bond acceptors (Lipinski definition) is 5. The molecule has 1 aromatic heterocycles. The molecule has 0 bridgehead atoms. The molecule has 1 N–H and O–H groups in total. The molecule has 0 aliphatic heterocycles. The highest BCUT2D eigenvalue weighted by molar-refractivity contribution is 5.98. The zero-order valence-electron chi connectivity index (χ0n) is 14.9. The van der Waals surface area contributed by atoms with Crippen LogP contribution in [0, 0.1) is 0 Å². The zero-order valence-corrected chi connectivity index (χ0v) is 14.9. The van der Waals surface area contributed by atoms with E-state index in [9.17, 15) is 9.59 Å². The van der Waals surface area contributed by atoms with Gasteiger partial charge in [0.05, 0.1) is 25.1 Å². The predicted octanol–water partition coefficient (Wildman–Crippen LogP) is 2.57. The second kappa shape index (κ2) is 8.32. The first-order valence-corrected chi connectivity index (χ1v) is 8.06. The molecule has 1 aromatic carbocycles. The Bertz CT molecular complexity index is 753. The van der Waals surface area contributed by atoms with Crippen LogP contribution in [0.25, 0.3) is 0 Å². The molecule has 1 amide bonds. The van der Waals surface area contributed by atoms with E-state index in [-0.39, 0.29) is 17.6 Å². The van der Waals surface area contributed by atoms with Crippen molar-refractivity contribution in [3.05, 3.63) is 41.7 Å². The van der Waals surface area contributed by atoms with E-state index < -0.39 is 5.97 Å². The first kappa shape index (κ1) is 18.5. The number of esters is 1. The fourth-order valence-corrected chi connectivity index (χ4v) is 2.34. The zero-order chi connectivity index (χ0) is 18.4. The molecule has 0 aliphatic rings. The van der Waals surface area contributed by atoms with Gasteiger partial charge in [-0.3, -0.25) is 9.48 Å². The van der Waals surface area contributed by atoms with E-state index >= 15 is 0 Å². The van der Waals surface area contributed by atoms with Crippen LogP contribution in [0.2, 0.25) is 0 Å². The SMILES string of the molecule is COC(=O)c1cccc(NC(=O)CCc2cnn(C)c2)c1OC(C)C. The van der Waals surface area contributed by atoms with Gasteiger partial charge in [0.25, 0.3) is 0 Å². The molecule has 2 rings (SSSR count). The molecule has 0 saturated heterocycles. The van der Waals surface area contributed by atoms with Crippen molar-refractivity contribution in [2.24, 2.45) is 7.05 Å². The van der Waals surface area contributed by atoms with Gasteiger partial charge < -0.3 is 14.8 Å². The van der Waals surface area contributed by atoms with E-state index in [2.05, 4.69) is 10.4 Å². The maximum atomic E-state index is 12.3. The molecule has 7 nitrogen and oxygen atoms in total. The van der Waals surface area contributed by atoms with Crippen molar-refractivity contribution in [1.29, 1.82) is 0 Å². The van der Waals surface area contributed by atoms with Gasteiger partial charge in [0.1, 0.15) is 5.56 Å². The summed E-state index contributed by atoms with van der Waals surface area (Å²) in [6.45, 7) is 3.70. The lowest BCUT2D eigenvalue weighted by Gasteiger charge is -2.17. The average Bonchev–Trinajstić information content (AvgIpc) is 2.99. The molecule has 0 aliphatic carbocycles. The predicted molar refractivity (Wildman–Crippen MR) is 93.7 cm³/mol. The van der Waals surface area contributed by atoms with Crippen LogP contribution in [0.4, 0.5) is 5.69 Å². The minimum absolute atomic E-state index is 0.156. The lowest BCUT2D eigenvalue weighted by Crippen LogP contribution is -2.17. The molecular formula is C18H23N3O4. The molecule has 0 radical (unpaired) electrons. The van der Waals surface area contributed by atoms with Gasteiger partial charge in [0.2, 0.25) is 5.91 Å². The molecule has 0 atom stereocenters. The molecule has 25 heavy (non-hydrogen) atoms. The molecule has 0 saturated carbocycles. The minimum atomic E-state index is -0.512. The molecular weight excluding hydrogens is 322 g/mol. The van der Waals surface area contributed by atoms with Gasteiger partial charge in [0.15, 0.2) is 5.75 Å². The minimum Gasteiger partial charge on any atom is -0.488 e. The fraction of sp³-hybridized carbons (Fsp3) is 0.389. The molecule has 0 spiro atoms. The van der Waals surface area contributed by atoms with E-state index in [0.717, 1.165) is 5.56 Å². The van der Waals surface area contributed by atoms with Gasteiger partial charge in [-0.1, -0.05) is 6.07 Å². The lowest BCUT2D eigenvalue weighted by molar-refractivity contribution is -0.116. The number of carbonyl (C=O) groups is 2. The highest BCUT2D eigenvalue weighted by atomic mass is 16.5. The Labute approximate surface area is 146 Å². The number of aromatic nitrogens is 2. The van der Waals surface area contributed by atoms with E-state index in [1.54, 1.807) is 29.1 Å². The fourth-order valence-electron chi connectivity index (χ4n) is 2.34. The van der Waals surface area contributed by atoms with Gasteiger partial charge in [-0.15, -0.1) is 0 Å². The molecule has 0 fully saturated rings. The Morgan fingerprint density at radius 1 is 1.32 bits per heavy atom. The number of para-hydroxylation sites is 1. The second-order valence-corrected chi connectivity index (χ2v) is 5.91. The molecule has 7 heteroatoms. The molecule has 1 heterocycles. The summed E-state index contributed by atoms with van der Waals surface area (Å²) in [5, 5.41) is 6.89. The third-order valence-corrected chi connectivity index (χ3v) is 3.45. The van der Waals surface area contributed by atoms with Gasteiger partial charge in [-0.25, -0.2) is 4.79 Å². The smallest absolute Gasteiger partial charge is 0.341 e. The first-order chi connectivity index (χ1) is 11.9. The summed E-state index contributed by atoms with van der Waals surface area (Å²) in [7, 11) is 3.14. The topological polar surface area (TPSA) is 82.5 Å². The van der Waals surface area contributed by atoms with Gasteiger partial charge in [-0.05, 0) is 38.0 Å². The number of hydrogen-bond donors (Lipinski definition) is 1. The summed E-state index contributed by atoms with van der Waals surface area (Å²) >= 11 is 0. The Hall–Kier alpha value is -2.83. The Kier molecular flexibility index (Phi) is 6.16. The van der Waals surface area contributed by atoms with Crippen molar-refractivity contribution in [3.63, 3.8) is 0 Å². The number of ether oxygens (including phenoxy) is 2. The lowest BCUT2D eigenvalue weighted by atomic mass is 10.1. The summed E-state index contributed by atoms with van der Waals surface area (Å²) in [6.07, 6.45) is 4.33. The van der Waals surface area contributed by atoms with Crippen LogP contribution in [0.5, 0.6) is 5.75 Å². The second-order valence-electron chi connectivity index (χ2n) is 5.91. The Morgan fingerprint density at radius 3 is 2.68 bits per heavy atom. The van der Waals surface area contributed by atoms with Crippen molar-refractivity contribution in [2.45, 2.75) is 32.8 Å². The van der Waals surface area contributed by atoms with Crippen LogP contribution in [0.15, 0.2) is 30.6 Å². The van der Waals surface area contributed by atoms with Crippen molar-refractivity contribution < 1.29 is 19.1 Å². The highest BCUT2D eigenvalue weighted by Crippen LogP contribution is 2.31. The van der Waals surface area contributed by atoms with Gasteiger partial charge in [0, 0.05) is 19.7 Å². The number of amides is 1. The van der Waals surface area contributed by atoms with Crippen LogP contribution in [-0.2, 0) is 23.0 Å². The van der Waals surface area contributed by atoms with Crippen molar-refractivity contribution >= 4 is 17.6 Å². The number of nitrogens with one attached hydrogen (secondary N) is 1. The molecule has 134 valence electrons. The summed E-state index contributed by atoms with van der Waals surface area (Å²) < 4.78 is 12.2. The van der Waals surface area contributed by atoms with E-state index in [1.165, 1.54) is 7.11 Å². The third-order valence-electron chi connectivity index (χ3n) is 3.45. The Balaban J connectivity index is 2.13. The van der Waals surface area contributed by atoms with Crippen molar-refractivity contribution in [2.75, 3.05) is 12.4 Å². The number of rotatable bonds is 7. The number of anilines is 1. The Morgan fingerprint density at radius 2 is 2.08 bits per heavy atom. The van der Waals surface area contributed by atoms with Crippen LogP contribution >= 0.6 is 0 Å². The molecule has 0 unspecified atom stereocenters. The number of benzene rings is 1. The maximum absolute atomic E-state index is 12.3. The largest absolute Gasteiger partial charge is 0.488 e. The number of carbonyl (C=O) groups excluding carboxylic acids is 2.